The highest BCUT2D eigenvalue weighted by molar-refractivity contribution is 7.17. The van der Waals surface area contributed by atoms with Gasteiger partial charge in [-0.15, -0.1) is 11.3 Å². The van der Waals surface area contributed by atoms with Gasteiger partial charge in [-0.05, 0) is 48.6 Å². The summed E-state index contributed by atoms with van der Waals surface area (Å²) in [5.41, 5.74) is 1.77. The van der Waals surface area contributed by atoms with E-state index in [9.17, 15) is 18.7 Å². The Morgan fingerprint density at radius 1 is 1.17 bits per heavy atom. The molecule has 0 saturated carbocycles. The van der Waals surface area contributed by atoms with Crippen LogP contribution >= 0.6 is 11.3 Å². The number of ether oxygens (including phenoxy) is 2. The van der Waals surface area contributed by atoms with Crippen molar-refractivity contribution in [3.8, 4) is 17.2 Å². The molecule has 0 aliphatic heterocycles. The van der Waals surface area contributed by atoms with E-state index in [4.69, 9.17) is 13.9 Å². The molecule has 1 unspecified atom stereocenters. The quantitative estimate of drug-likeness (QED) is 0.215. The highest BCUT2D eigenvalue weighted by Gasteiger charge is 2.21. The van der Waals surface area contributed by atoms with Crippen molar-refractivity contribution < 1.29 is 32.6 Å². The smallest absolute Gasteiger partial charge is 0.333 e. The van der Waals surface area contributed by atoms with Crippen LogP contribution in [0.4, 0.5) is 8.78 Å². The number of carbonyl (C=O) groups is 1. The average molecular weight is 516 g/mol. The zero-order valence-corrected chi connectivity index (χ0v) is 20.9. The van der Waals surface area contributed by atoms with Crippen LogP contribution in [-0.4, -0.2) is 35.4 Å². The summed E-state index contributed by atoms with van der Waals surface area (Å²) < 4.78 is 45.3. The number of nitrogens with zero attached hydrogens (tertiary/aromatic N) is 1. The Morgan fingerprint density at radius 3 is 2.67 bits per heavy atom. The van der Waals surface area contributed by atoms with Gasteiger partial charge in [0.1, 0.15) is 23.1 Å². The van der Waals surface area contributed by atoms with E-state index in [2.05, 4.69) is 4.98 Å². The van der Waals surface area contributed by atoms with Gasteiger partial charge < -0.3 is 19.0 Å². The lowest BCUT2D eigenvalue weighted by atomic mass is 10.1. The number of hydrogen-bond acceptors (Lipinski definition) is 6. The van der Waals surface area contributed by atoms with Crippen molar-refractivity contribution in [1.29, 1.82) is 0 Å². The number of aliphatic carboxylic acids is 1. The molecule has 2 heterocycles. The van der Waals surface area contributed by atoms with Gasteiger partial charge in [-0.2, -0.15) is 0 Å². The zero-order valence-electron chi connectivity index (χ0n) is 20.1. The fourth-order valence-electron chi connectivity index (χ4n) is 3.89. The molecule has 0 bridgehead atoms. The average Bonchev–Trinajstić information content (AvgIpc) is 3.46. The first-order valence-corrected chi connectivity index (χ1v) is 12.6. The molecule has 0 aliphatic carbocycles. The Morgan fingerprint density at radius 2 is 1.94 bits per heavy atom. The Balaban J connectivity index is 1.44. The van der Waals surface area contributed by atoms with Crippen molar-refractivity contribution in [2.24, 2.45) is 0 Å². The van der Waals surface area contributed by atoms with Crippen LogP contribution in [0.5, 0.6) is 5.75 Å². The maximum atomic E-state index is 13.6. The van der Waals surface area contributed by atoms with Crippen LogP contribution in [-0.2, 0) is 22.4 Å². The molecular formula is C27H27F2NO5S. The number of hydrogen-bond donors (Lipinski definition) is 1. The summed E-state index contributed by atoms with van der Waals surface area (Å²) >= 11 is 1.53. The maximum absolute atomic E-state index is 13.6. The lowest BCUT2D eigenvalue weighted by Gasteiger charge is -2.15. The van der Waals surface area contributed by atoms with Crippen LogP contribution in [0, 0.1) is 18.6 Å². The third-order valence-electron chi connectivity index (χ3n) is 5.75. The van der Waals surface area contributed by atoms with Gasteiger partial charge in [0.25, 0.3) is 0 Å². The number of halogens is 2. The van der Waals surface area contributed by atoms with E-state index in [0.29, 0.717) is 36.8 Å². The number of oxazole rings is 1. The molecule has 0 fully saturated rings. The van der Waals surface area contributed by atoms with E-state index in [-0.39, 0.29) is 17.9 Å². The number of benzene rings is 2. The number of fused-ring (bicyclic) bond motifs is 1. The van der Waals surface area contributed by atoms with E-state index >= 15 is 0 Å². The molecule has 36 heavy (non-hydrogen) atoms. The van der Waals surface area contributed by atoms with Crippen LogP contribution < -0.4 is 4.74 Å². The number of aryl methyl sites for hydroxylation is 1. The summed E-state index contributed by atoms with van der Waals surface area (Å²) in [6.07, 6.45) is 1.57. The molecule has 4 aromatic rings. The predicted molar refractivity (Wildman–Crippen MR) is 134 cm³/mol. The van der Waals surface area contributed by atoms with Crippen LogP contribution in [0.15, 0.2) is 46.2 Å². The number of thiophene rings is 1. The molecule has 0 radical (unpaired) electrons. The molecule has 1 atom stereocenters. The van der Waals surface area contributed by atoms with Gasteiger partial charge >= 0.3 is 5.97 Å². The summed E-state index contributed by atoms with van der Waals surface area (Å²) in [5, 5.41) is 12.4. The number of carboxylic acids is 1. The van der Waals surface area contributed by atoms with Crippen molar-refractivity contribution in [3.05, 3.63) is 70.4 Å². The lowest BCUT2D eigenvalue weighted by Crippen LogP contribution is -2.26. The molecule has 2 aromatic heterocycles. The molecule has 190 valence electrons. The monoisotopic (exact) mass is 515 g/mol. The van der Waals surface area contributed by atoms with Gasteiger partial charge in [-0.3, -0.25) is 0 Å². The third kappa shape index (κ3) is 6.09. The minimum atomic E-state index is -0.973. The fourth-order valence-corrected chi connectivity index (χ4v) is 4.82. The second-order valence-electron chi connectivity index (χ2n) is 8.42. The Hall–Kier alpha value is -3.30. The molecule has 9 heteroatoms. The van der Waals surface area contributed by atoms with E-state index < -0.39 is 23.7 Å². The van der Waals surface area contributed by atoms with Crippen LogP contribution in [0.1, 0.15) is 36.8 Å². The van der Waals surface area contributed by atoms with Crippen LogP contribution in [0.25, 0.3) is 21.5 Å². The van der Waals surface area contributed by atoms with Gasteiger partial charge in [-0.25, -0.2) is 18.6 Å². The molecule has 0 spiro atoms. The summed E-state index contributed by atoms with van der Waals surface area (Å²) in [6.45, 7) is 4.50. The Labute approximate surface area is 211 Å². The zero-order chi connectivity index (χ0) is 25.7. The first kappa shape index (κ1) is 25.8. The number of aromatic nitrogens is 1. The van der Waals surface area contributed by atoms with Gasteiger partial charge in [0, 0.05) is 41.2 Å². The largest absolute Gasteiger partial charge is 0.493 e. The normalized spacial score (nSPS) is 12.2. The highest BCUT2D eigenvalue weighted by Crippen LogP contribution is 2.34. The first-order chi connectivity index (χ1) is 17.4. The highest BCUT2D eigenvalue weighted by atomic mass is 32.1. The van der Waals surface area contributed by atoms with E-state index in [1.807, 2.05) is 30.5 Å². The van der Waals surface area contributed by atoms with E-state index in [1.165, 1.54) is 23.5 Å². The van der Waals surface area contributed by atoms with Crippen LogP contribution in [0.3, 0.4) is 0 Å². The second-order valence-corrected chi connectivity index (χ2v) is 9.34. The minimum absolute atomic E-state index is 0.152. The van der Waals surface area contributed by atoms with Gasteiger partial charge in [0.15, 0.2) is 6.10 Å². The van der Waals surface area contributed by atoms with Crippen molar-refractivity contribution in [2.75, 3.05) is 13.2 Å². The summed E-state index contributed by atoms with van der Waals surface area (Å²) in [4.78, 5) is 16.1. The summed E-state index contributed by atoms with van der Waals surface area (Å²) in [7, 11) is 0. The summed E-state index contributed by atoms with van der Waals surface area (Å²) in [5.74, 6) is -0.981. The fraction of sp³-hybridized carbons (Fsp3) is 0.333. The van der Waals surface area contributed by atoms with Gasteiger partial charge in [0.05, 0.1) is 12.3 Å². The SMILES string of the molecule is CCCCOC(Cc1ccc(OCCc2nc(-c3cc(F)cc(F)c3)oc2C)c2ccsc12)C(=O)O. The summed E-state index contributed by atoms with van der Waals surface area (Å²) in [6, 6.07) is 8.81. The van der Waals surface area contributed by atoms with E-state index in [0.717, 1.165) is 34.6 Å². The topological polar surface area (TPSA) is 81.8 Å². The van der Waals surface area contributed by atoms with Gasteiger partial charge in [0.2, 0.25) is 5.89 Å². The first-order valence-electron chi connectivity index (χ1n) is 11.7. The molecule has 0 saturated heterocycles. The number of carboxylic acid groups (broad SMARTS) is 1. The molecule has 0 amide bonds. The van der Waals surface area contributed by atoms with Crippen molar-refractivity contribution in [1.82, 2.24) is 4.98 Å². The molecule has 6 nitrogen and oxygen atoms in total. The van der Waals surface area contributed by atoms with Crippen molar-refractivity contribution in [3.63, 3.8) is 0 Å². The van der Waals surface area contributed by atoms with E-state index in [1.54, 1.807) is 6.92 Å². The van der Waals surface area contributed by atoms with Gasteiger partial charge in [-0.1, -0.05) is 19.4 Å². The molecule has 0 aliphatic rings. The maximum Gasteiger partial charge on any atom is 0.333 e. The second kappa shape index (κ2) is 11.6. The predicted octanol–water partition coefficient (Wildman–Crippen LogP) is 6.58. The third-order valence-corrected chi connectivity index (χ3v) is 6.74. The Kier molecular flexibility index (Phi) is 8.32. The molecule has 4 rings (SSSR count). The number of unbranched alkanes of at least 4 members (excludes halogenated alkanes) is 1. The Bertz CT molecular complexity index is 1330. The van der Waals surface area contributed by atoms with Crippen molar-refractivity contribution in [2.45, 2.75) is 45.6 Å². The van der Waals surface area contributed by atoms with Crippen LogP contribution in [0.2, 0.25) is 0 Å². The van der Waals surface area contributed by atoms with Crippen molar-refractivity contribution >= 4 is 27.4 Å². The number of rotatable bonds is 12. The molecule has 2 aromatic carbocycles. The minimum Gasteiger partial charge on any atom is -0.493 e. The molecular weight excluding hydrogens is 488 g/mol. The standard InChI is InChI=1S/C27H27F2NO5S/c1-3-4-9-33-24(27(31)32)14-17-5-6-23(21-8-11-36-25(17)21)34-10-7-22-16(2)35-26(30-22)18-12-19(28)15-20(29)13-18/h5-6,8,11-13,15,24H,3-4,7,9-10,14H2,1-2H3,(H,31,32). The molecule has 1 N–H and O–H groups in total. The lowest BCUT2D eigenvalue weighted by molar-refractivity contribution is -0.150.